The first-order valence-corrected chi connectivity index (χ1v) is 10.0. The average molecular weight is 360 g/mol. The van der Waals surface area contributed by atoms with Crippen molar-refractivity contribution in [3.8, 4) is 0 Å². The van der Waals surface area contributed by atoms with Crippen molar-refractivity contribution in [1.82, 2.24) is 36.8 Å². The van der Waals surface area contributed by atoms with Crippen LogP contribution in [-0.2, 0) is 0 Å². The molecule has 0 saturated heterocycles. The van der Waals surface area contributed by atoms with Crippen molar-refractivity contribution in [3.05, 3.63) is 0 Å². The topological polar surface area (TPSA) is 75.4 Å². The van der Waals surface area contributed by atoms with Crippen molar-refractivity contribution in [2.45, 2.75) is 26.3 Å². The van der Waals surface area contributed by atoms with Gasteiger partial charge in [-0.1, -0.05) is 20.8 Å². The SMILES string of the molecule is CCNCCNCC(CNCCNCC)(CN(C)CCNCC)NC. The van der Waals surface area contributed by atoms with Crippen LogP contribution in [0.3, 0.4) is 0 Å². The minimum absolute atomic E-state index is 0.0272. The van der Waals surface area contributed by atoms with E-state index >= 15 is 0 Å². The van der Waals surface area contributed by atoms with Crippen LogP contribution in [0.25, 0.3) is 0 Å². The van der Waals surface area contributed by atoms with Gasteiger partial charge in [0.25, 0.3) is 0 Å². The Morgan fingerprint density at radius 3 is 1.56 bits per heavy atom. The van der Waals surface area contributed by atoms with Gasteiger partial charge in [-0.05, 0) is 33.7 Å². The molecule has 0 saturated carbocycles. The summed E-state index contributed by atoms with van der Waals surface area (Å²) in [7, 11) is 4.29. The Morgan fingerprint density at radius 1 is 0.680 bits per heavy atom. The molecular weight excluding hydrogens is 314 g/mol. The van der Waals surface area contributed by atoms with Gasteiger partial charge in [0, 0.05) is 58.9 Å². The largest absolute Gasteiger partial charge is 0.316 e. The molecular formula is C18H45N7. The zero-order chi connectivity index (χ0) is 18.8. The van der Waals surface area contributed by atoms with Gasteiger partial charge in [-0.15, -0.1) is 0 Å². The molecule has 0 spiro atoms. The monoisotopic (exact) mass is 359 g/mol. The normalized spacial score (nSPS) is 12.2. The van der Waals surface area contributed by atoms with Gasteiger partial charge >= 0.3 is 0 Å². The highest BCUT2D eigenvalue weighted by Gasteiger charge is 2.28. The maximum atomic E-state index is 3.61. The second-order valence-electron chi connectivity index (χ2n) is 6.68. The van der Waals surface area contributed by atoms with Gasteiger partial charge in [0.05, 0.1) is 5.54 Å². The number of nitrogens with zero attached hydrogens (tertiary/aromatic N) is 1. The summed E-state index contributed by atoms with van der Waals surface area (Å²) in [5.41, 5.74) is 0.0272. The lowest BCUT2D eigenvalue weighted by Gasteiger charge is -2.38. The van der Waals surface area contributed by atoms with Crippen molar-refractivity contribution < 1.29 is 0 Å². The maximum Gasteiger partial charge on any atom is 0.0558 e. The summed E-state index contributed by atoms with van der Waals surface area (Å²) in [6.45, 7) is 18.6. The van der Waals surface area contributed by atoms with Crippen LogP contribution in [0.2, 0.25) is 0 Å². The smallest absolute Gasteiger partial charge is 0.0558 e. The summed E-state index contributed by atoms with van der Waals surface area (Å²) in [4.78, 5) is 2.41. The third-order valence-corrected chi connectivity index (χ3v) is 4.41. The lowest BCUT2D eigenvalue weighted by atomic mass is 9.98. The van der Waals surface area contributed by atoms with Crippen molar-refractivity contribution in [3.63, 3.8) is 0 Å². The zero-order valence-corrected chi connectivity index (χ0v) is 17.4. The third-order valence-electron chi connectivity index (χ3n) is 4.41. The van der Waals surface area contributed by atoms with Gasteiger partial charge in [0.1, 0.15) is 0 Å². The Hall–Kier alpha value is -0.280. The number of likely N-dealkylation sites (N-methyl/N-ethyl adjacent to an activating group) is 5. The van der Waals surface area contributed by atoms with Gasteiger partial charge in [-0.25, -0.2) is 0 Å². The molecule has 0 aliphatic heterocycles. The summed E-state index contributed by atoms with van der Waals surface area (Å²) < 4.78 is 0. The minimum Gasteiger partial charge on any atom is -0.316 e. The van der Waals surface area contributed by atoms with E-state index in [0.717, 1.165) is 78.5 Å². The Kier molecular flexibility index (Phi) is 17.0. The van der Waals surface area contributed by atoms with E-state index in [-0.39, 0.29) is 5.54 Å². The summed E-state index contributed by atoms with van der Waals surface area (Å²) in [6, 6.07) is 0. The van der Waals surface area contributed by atoms with E-state index in [1.54, 1.807) is 0 Å². The maximum absolute atomic E-state index is 3.61. The highest BCUT2D eigenvalue weighted by molar-refractivity contribution is 4.94. The molecule has 0 aromatic rings. The molecule has 7 heteroatoms. The summed E-state index contributed by atoms with van der Waals surface area (Å²) in [6.07, 6.45) is 0. The molecule has 0 rings (SSSR count). The molecule has 152 valence electrons. The average Bonchev–Trinajstić information content (AvgIpc) is 2.61. The van der Waals surface area contributed by atoms with E-state index in [4.69, 9.17) is 0 Å². The molecule has 0 aromatic carbocycles. The number of hydrogen-bond donors (Lipinski definition) is 6. The fraction of sp³-hybridized carbons (Fsp3) is 1.00. The zero-order valence-electron chi connectivity index (χ0n) is 17.4. The van der Waals surface area contributed by atoms with Crippen molar-refractivity contribution in [2.24, 2.45) is 0 Å². The van der Waals surface area contributed by atoms with E-state index in [1.165, 1.54) is 0 Å². The summed E-state index contributed by atoms with van der Waals surface area (Å²) in [5, 5.41) is 21.0. The predicted octanol–water partition coefficient (Wildman–Crippen LogP) is -1.12. The molecule has 25 heavy (non-hydrogen) atoms. The van der Waals surface area contributed by atoms with E-state index < -0.39 is 0 Å². The fourth-order valence-corrected chi connectivity index (χ4v) is 2.84. The highest BCUT2D eigenvalue weighted by Crippen LogP contribution is 2.04. The second-order valence-corrected chi connectivity index (χ2v) is 6.68. The molecule has 0 atom stereocenters. The van der Waals surface area contributed by atoms with Gasteiger partial charge in [0.15, 0.2) is 0 Å². The Morgan fingerprint density at radius 2 is 1.12 bits per heavy atom. The van der Waals surface area contributed by atoms with Crippen LogP contribution in [0.15, 0.2) is 0 Å². The highest BCUT2D eigenvalue weighted by atomic mass is 15.2. The fourth-order valence-electron chi connectivity index (χ4n) is 2.84. The first-order valence-electron chi connectivity index (χ1n) is 10.0. The van der Waals surface area contributed by atoms with E-state index in [9.17, 15) is 0 Å². The number of nitrogens with one attached hydrogen (secondary N) is 6. The first-order chi connectivity index (χ1) is 12.1. The van der Waals surface area contributed by atoms with Crippen LogP contribution < -0.4 is 31.9 Å². The quantitative estimate of drug-likeness (QED) is 0.163. The lowest BCUT2D eigenvalue weighted by Crippen LogP contribution is -2.63. The van der Waals surface area contributed by atoms with Crippen LogP contribution in [0, 0.1) is 0 Å². The molecule has 0 fully saturated rings. The van der Waals surface area contributed by atoms with E-state index in [2.05, 4.69) is 71.7 Å². The Bertz CT molecular complexity index is 262. The minimum atomic E-state index is 0.0272. The second kappa shape index (κ2) is 17.1. The molecule has 6 N–H and O–H groups in total. The molecule has 0 radical (unpaired) electrons. The summed E-state index contributed by atoms with van der Waals surface area (Å²) >= 11 is 0. The Balaban J connectivity index is 4.45. The number of rotatable bonds is 19. The molecule has 0 aliphatic carbocycles. The van der Waals surface area contributed by atoms with Gasteiger partial charge < -0.3 is 36.8 Å². The van der Waals surface area contributed by atoms with Crippen LogP contribution in [0.4, 0.5) is 0 Å². The molecule has 7 nitrogen and oxygen atoms in total. The van der Waals surface area contributed by atoms with Gasteiger partial charge in [0.2, 0.25) is 0 Å². The van der Waals surface area contributed by atoms with E-state index in [0.29, 0.717) is 0 Å². The van der Waals surface area contributed by atoms with Gasteiger partial charge in [-0.2, -0.15) is 0 Å². The molecule has 0 aliphatic rings. The van der Waals surface area contributed by atoms with Crippen LogP contribution >= 0.6 is 0 Å². The predicted molar refractivity (Wildman–Crippen MR) is 111 cm³/mol. The standard InChI is InChI=1S/C18H45N7/c1-6-20-9-11-23-15-18(19-4,16-24-12-10-21-7-2)17-25(5)14-13-22-8-3/h19-24H,6-17H2,1-5H3. The number of hydrogen-bond acceptors (Lipinski definition) is 7. The third kappa shape index (κ3) is 13.6. The lowest BCUT2D eigenvalue weighted by molar-refractivity contribution is 0.205. The molecule has 0 unspecified atom stereocenters. The molecule has 0 aromatic heterocycles. The van der Waals surface area contributed by atoms with Gasteiger partial charge in [-0.3, -0.25) is 0 Å². The molecule has 0 heterocycles. The van der Waals surface area contributed by atoms with Crippen LogP contribution in [0.1, 0.15) is 20.8 Å². The Labute approximate surface area is 156 Å². The van der Waals surface area contributed by atoms with E-state index in [1.807, 2.05) is 0 Å². The van der Waals surface area contributed by atoms with Crippen LogP contribution in [0.5, 0.6) is 0 Å². The van der Waals surface area contributed by atoms with Crippen molar-refractivity contribution in [2.75, 3.05) is 92.6 Å². The van der Waals surface area contributed by atoms with Crippen LogP contribution in [-0.4, -0.2) is 103 Å². The molecule has 0 bridgehead atoms. The van der Waals surface area contributed by atoms with Crippen molar-refractivity contribution in [1.29, 1.82) is 0 Å². The molecule has 0 amide bonds. The first kappa shape index (κ1) is 24.7. The summed E-state index contributed by atoms with van der Waals surface area (Å²) in [5.74, 6) is 0. The van der Waals surface area contributed by atoms with Crippen molar-refractivity contribution >= 4 is 0 Å².